The number of hydrogen-bond donors (Lipinski definition) is 0. The van der Waals surface area contributed by atoms with Gasteiger partial charge in [-0.05, 0) is 44.2 Å². The molecule has 0 bridgehead atoms. The molecule has 1 saturated heterocycles. The van der Waals surface area contributed by atoms with Crippen LogP contribution in [-0.4, -0.2) is 43.6 Å². The average Bonchev–Trinajstić information content (AvgIpc) is 2.62. The van der Waals surface area contributed by atoms with Crippen LogP contribution in [0.5, 0.6) is 5.75 Å². The molecule has 132 valence electrons. The summed E-state index contributed by atoms with van der Waals surface area (Å²) >= 11 is 0. The predicted molar refractivity (Wildman–Crippen MR) is 96.3 cm³/mol. The molecule has 1 unspecified atom stereocenters. The van der Waals surface area contributed by atoms with E-state index in [2.05, 4.69) is 0 Å². The van der Waals surface area contributed by atoms with Crippen LogP contribution in [-0.2, 0) is 4.79 Å². The summed E-state index contributed by atoms with van der Waals surface area (Å²) in [6.07, 6.45) is 1.82. The fourth-order valence-electron chi connectivity index (χ4n) is 3.15. The number of piperidine rings is 1. The van der Waals surface area contributed by atoms with Gasteiger partial charge in [0.1, 0.15) is 18.2 Å². The largest absolute Gasteiger partial charge is 0.492 e. The van der Waals surface area contributed by atoms with Crippen LogP contribution < -0.4 is 9.64 Å². The normalized spacial score (nSPS) is 17.8. The molecule has 1 heterocycles. The highest BCUT2D eigenvalue weighted by molar-refractivity contribution is 5.97. The number of halogens is 1. The van der Waals surface area contributed by atoms with Gasteiger partial charge in [0.15, 0.2) is 0 Å². The van der Waals surface area contributed by atoms with Crippen molar-refractivity contribution in [3.05, 3.63) is 60.4 Å². The first-order chi connectivity index (χ1) is 12.1. The lowest BCUT2D eigenvalue weighted by Crippen LogP contribution is -2.52. The summed E-state index contributed by atoms with van der Waals surface area (Å²) in [6.45, 7) is 1.78. The van der Waals surface area contributed by atoms with E-state index >= 15 is 0 Å². The first-order valence-corrected chi connectivity index (χ1v) is 8.60. The van der Waals surface area contributed by atoms with E-state index in [1.807, 2.05) is 47.2 Å². The number of carbonyl (C=O) groups excluding carboxylic acids is 1. The second-order valence-corrected chi connectivity index (χ2v) is 6.27. The maximum Gasteiger partial charge on any atom is 0.244 e. The van der Waals surface area contributed by atoms with Gasteiger partial charge in [0.05, 0.1) is 6.04 Å². The number of anilines is 1. The van der Waals surface area contributed by atoms with Gasteiger partial charge in [-0.2, -0.15) is 0 Å². The topological polar surface area (TPSA) is 32.8 Å². The highest BCUT2D eigenvalue weighted by atomic mass is 19.1. The predicted octanol–water partition coefficient (Wildman–Crippen LogP) is 3.33. The molecule has 0 N–H and O–H groups in total. The van der Waals surface area contributed by atoms with Crippen LogP contribution in [0.4, 0.5) is 10.1 Å². The number of ether oxygens (including phenoxy) is 1. The van der Waals surface area contributed by atoms with Crippen LogP contribution in [0.15, 0.2) is 54.6 Å². The Morgan fingerprint density at radius 2 is 2.00 bits per heavy atom. The quantitative estimate of drug-likeness (QED) is 0.807. The SMILES string of the molecule is CN(CCOc1cccc(F)c1)C1CCCN(c2ccccc2)C1=O. The fourth-order valence-corrected chi connectivity index (χ4v) is 3.15. The zero-order valence-corrected chi connectivity index (χ0v) is 14.4. The van der Waals surface area contributed by atoms with Crippen LogP contribution >= 0.6 is 0 Å². The van der Waals surface area contributed by atoms with Crippen molar-refractivity contribution in [3.63, 3.8) is 0 Å². The van der Waals surface area contributed by atoms with Crippen LogP contribution in [0.25, 0.3) is 0 Å². The van der Waals surface area contributed by atoms with E-state index in [0.717, 1.165) is 25.1 Å². The first-order valence-electron chi connectivity index (χ1n) is 8.60. The Morgan fingerprint density at radius 1 is 1.20 bits per heavy atom. The molecule has 0 aromatic heterocycles. The van der Waals surface area contributed by atoms with Crippen molar-refractivity contribution >= 4 is 11.6 Å². The third-order valence-electron chi connectivity index (χ3n) is 4.52. The van der Waals surface area contributed by atoms with Gasteiger partial charge >= 0.3 is 0 Å². The number of benzene rings is 2. The maximum atomic E-state index is 13.2. The molecule has 1 atom stereocenters. The lowest BCUT2D eigenvalue weighted by Gasteiger charge is -2.36. The smallest absolute Gasteiger partial charge is 0.244 e. The number of rotatable bonds is 6. The first kappa shape index (κ1) is 17.4. The second kappa shape index (κ2) is 8.12. The van der Waals surface area contributed by atoms with Crippen molar-refractivity contribution in [2.24, 2.45) is 0 Å². The fraction of sp³-hybridized carbons (Fsp3) is 0.350. The second-order valence-electron chi connectivity index (χ2n) is 6.27. The molecule has 2 aromatic rings. The Bertz CT molecular complexity index is 708. The standard InChI is InChI=1S/C20H23FN2O2/c1-22(13-14-25-18-10-5-7-16(21)15-18)19-11-6-12-23(20(19)24)17-8-3-2-4-9-17/h2-5,7-10,15,19H,6,11-14H2,1H3. The van der Waals surface area contributed by atoms with E-state index in [1.165, 1.54) is 12.1 Å². The van der Waals surface area contributed by atoms with E-state index in [-0.39, 0.29) is 17.8 Å². The van der Waals surface area contributed by atoms with E-state index in [9.17, 15) is 9.18 Å². The molecule has 0 aliphatic carbocycles. The Labute approximate surface area is 147 Å². The minimum absolute atomic E-state index is 0.130. The van der Waals surface area contributed by atoms with Crippen molar-refractivity contribution in [3.8, 4) is 5.75 Å². The molecule has 1 aliphatic rings. The maximum absolute atomic E-state index is 13.2. The summed E-state index contributed by atoms with van der Waals surface area (Å²) in [5.41, 5.74) is 0.946. The molecular formula is C20H23FN2O2. The molecule has 0 spiro atoms. The molecule has 1 fully saturated rings. The highest BCUT2D eigenvalue weighted by Gasteiger charge is 2.32. The summed E-state index contributed by atoms with van der Waals surface area (Å²) in [4.78, 5) is 16.7. The molecule has 1 amide bonds. The molecule has 2 aromatic carbocycles. The van der Waals surface area contributed by atoms with Crippen molar-refractivity contribution in [1.82, 2.24) is 4.90 Å². The van der Waals surface area contributed by atoms with E-state index in [1.54, 1.807) is 12.1 Å². The van der Waals surface area contributed by atoms with E-state index in [4.69, 9.17) is 4.74 Å². The minimum Gasteiger partial charge on any atom is -0.492 e. The summed E-state index contributed by atoms with van der Waals surface area (Å²) in [5.74, 6) is 0.326. The highest BCUT2D eigenvalue weighted by Crippen LogP contribution is 2.23. The van der Waals surface area contributed by atoms with Gasteiger partial charge in [-0.15, -0.1) is 0 Å². The van der Waals surface area contributed by atoms with E-state index < -0.39 is 0 Å². The number of amides is 1. The molecular weight excluding hydrogens is 319 g/mol. The van der Waals surface area contributed by atoms with Gasteiger partial charge in [-0.25, -0.2) is 4.39 Å². The minimum atomic E-state index is -0.313. The van der Waals surface area contributed by atoms with Gasteiger partial charge in [0.2, 0.25) is 5.91 Å². The number of hydrogen-bond acceptors (Lipinski definition) is 3. The van der Waals surface area contributed by atoms with Crippen molar-refractivity contribution in [2.45, 2.75) is 18.9 Å². The Hall–Kier alpha value is -2.40. The summed E-state index contributed by atoms with van der Waals surface area (Å²) < 4.78 is 18.7. The van der Waals surface area contributed by atoms with Gasteiger partial charge in [-0.3, -0.25) is 9.69 Å². The molecule has 4 nitrogen and oxygen atoms in total. The van der Waals surface area contributed by atoms with Crippen LogP contribution in [0.1, 0.15) is 12.8 Å². The lowest BCUT2D eigenvalue weighted by atomic mass is 10.0. The third kappa shape index (κ3) is 4.37. The summed E-state index contributed by atoms with van der Waals surface area (Å²) in [7, 11) is 1.94. The Balaban J connectivity index is 1.56. The summed E-state index contributed by atoms with van der Waals surface area (Å²) in [6, 6.07) is 15.7. The summed E-state index contributed by atoms with van der Waals surface area (Å²) in [5, 5.41) is 0. The molecule has 5 heteroatoms. The zero-order chi connectivity index (χ0) is 17.6. The monoisotopic (exact) mass is 342 g/mol. The van der Waals surface area contributed by atoms with E-state index in [0.29, 0.717) is 18.9 Å². The Morgan fingerprint density at radius 3 is 2.76 bits per heavy atom. The zero-order valence-electron chi connectivity index (χ0n) is 14.4. The Kier molecular flexibility index (Phi) is 5.66. The average molecular weight is 342 g/mol. The lowest BCUT2D eigenvalue weighted by molar-refractivity contribution is -0.124. The number of para-hydroxylation sites is 1. The molecule has 25 heavy (non-hydrogen) atoms. The molecule has 3 rings (SSSR count). The van der Waals surface area contributed by atoms with Crippen molar-refractivity contribution in [1.29, 1.82) is 0 Å². The number of nitrogens with zero attached hydrogens (tertiary/aromatic N) is 2. The van der Waals surface area contributed by atoms with Crippen LogP contribution in [0.2, 0.25) is 0 Å². The van der Waals surface area contributed by atoms with Gasteiger partial charge in [0.25, 0.3) is 0 Å². The molecule has 0 saturated carbocycles. The number of likely N-dealkylation sites (N-methyl/N-ethyl adjacent to an activating group) is 1. The van der Waals surface area contributed by atoms with Crippen molar-refractivity contribution < 1.29 is 13.9 Å². The van der Waals surface area contributed by atoms with Gasteiger partial charge in [0, 0.05) is 24.8 Å². The number of carbonyl (C=O) groups is 1. The van der Waals surface area contributed by atoms with Gasteiger partial charge < -0.3 is 9.64 Å². The van der Waals surface area contributed by atoms with Gasteiger partial charge in [-0.1, -0.05) is 24.3 Å². The van der Waals surface area contributed by atoms with Crippen LogP contribution in [0.3, 0.4) is 0 Å². The third-order valence-corrected chi connectivity index (χ3v) is 4.52. The molecule has 0 radical (unpaired) electrons. The van der Waals surface area contributed by atoms with Crippen molar-refractivity contribution in [2.75, 3.05) is 31.6 Å². The van der Waals surface area contributed by atoms with Crippen LogP contribution in [0, 0.1) is 5.82 Å². The molecule has 1 aliphatic heterocycles.